The normalized spacial score (nSPS) is 15.5. The molecular weight excluding hydrogens is 235 g/mol. The third kappa shape index (κ3) is 3.65. The largest absolute Gasteiger partial charge is 0.573 e. The summed E-state index contributed by atoms with van der Waals surface area (Å²) in [5.41, 5.74) is 0.325. The number of rotatable bonds is 3. The van der Waals surface area contributed by atoms with Gasteiger partial charge in [-0.25, -0.2) is 0 Å². The van der Waals surface area contributed by atoms with Crippen molar-refractivity contribution in [3.05, 3.63) is 29.8 Å². The van der Waals surface area contributed by atoms with E-state index in [9.17, 15) is 18.0 Å². The molecule has 0 saturated heterocycles. The Morgan fingerprint density at radius 1 is 1.24 bits per heavy atom. The highest BCUT2D eigenvalue weighted by Crippen LogP contribution is 2.23. The molecular formula is C11H10F3NO2. The molecule has 0 unspecified atom stereocenters. The highest BCUT2D eigenvalue weighted by atomic mass is 19.4. The molecule has 0 aromatic heterocycles. The maximum Gasteiger partial charge on any atom is 0.573 e. The van der Waals surface area contributed by atoms with Gasteiger partial charge in [-0.2, -0.15) is 0 Å². The molecule has 1 amide bonds. The zero-order valence-electron chi connectivity index (χ0n) is 8.75. The molecule has 1 fully saturated rings. The first-order valence-electron chi connectivity index (χ1n) is 5.11. The van der Waals surface area contributed by atoms with Gasteiger partial charge in [0, 0.05) is 11.6 Å². The molecule has 17 heavy (non-hydrogen) atoms. The van der Waals surface area contributed by atoms with Crippen molar-refractivity contribution in [3.63, 3.8) is 0 Å². The van der Waals surface area contributed by atoms with Gasteiger partial charge in [-0.05, 0) is 37.1 Å². The lowest BCUT2D eigenvalue weighted by molar-refractivity contribution is -0.274. The van der Waals surface area contributed by atoms with Crippen molar-refractivity contribution in [2.45, 2.75) is 25.2 Å². The summed E-state index contributed by atoms with van der Waals surface area (Å²) < 4.78 is 39.3. The number of alkyl halides is 3. The molecule has 0 aliphatic heterocycles. The fourth-order valence-corrected chi connectivity index (χ4v) is 1.30. The molecule has 0 heterocycles. The summed E-state index contributed by atoms with van der Waals surface area (Å²) in [6.07, 6.45) is -2.79. The number of amides is 1. The average molecular weight is 245 g/mol. The summed E-state index contributed by atoms with van der Waals surface area (Å²) >= 11 is 0. The first-order chi connectivity index (χ1) is 7.94. The van der Waals surface area contributed by atoms with Gasteiger partial charge in [0.1, 0.15) is 5.75 Å². The molecule has 0 bridgehead atoms. The Kier molecular flexibility index (Phi) is 2.95. The first kappa shape index (κ1) is 11.8. The molecule has 3 nitrogen and oxygen atoms in total. The van der Waals surface area contributed by atoms with Crippen molar-refractivity contribution in [3.8, 4) is 5.75 Å². The smallest absolute Gasteiger partial charge is 0.406 e. The molecule has 1 N–H and O–H groups in total. The molecule has 1 saturated carbocycles. The predicted molar refractivity (Wildman–Crippen MR) is 53.6 cm³/mol. The molecule has 0 radical (unpaired) electrons. The molecule has 1 aliphatic rings. The van der Waals surface area contributed by atoms with E-state index in [-0.39, 0.29) is 17.7 Å². The Morgan fingerprint density at radius 3 is 2.29 bits per heavy atom. The lowest BCUT2D eigenvalue weighted by atomic mass is 10.2. The molecule has 92 valence electrons. The second kappa shape index (κ2) is 4.27. The van der Waals surface area contributed by atoms with Gasteiger partial charge in [-0.15, -0.1) is 13.2 Å². The van der Waals surface area contributed by atoms with E-state index in [1.165, 1.54) is 12.1 Å². The Hall–Kier alpha value is -1.72. The summed E-state index contributed by atoms with van der Waals surface area (Å²) in [5, 5.41) is 2.74. The Balaban J connectivity index is 1.99. The van der Waals surface area contributed by atoms with E-state index in [4.69, 9.17) is 0 Å². The van der Waals surface area contributed by atoms with Crippen molar-refractivity contribution in [2.75, 3.05) is 0 Å². The van der Waals surface area contributed by atoms with Gasteiger partial charge in [0.2, 0.25) is 0 Å². The van der Waals surface area contributed by atoms with Crippen LogP contribution in [0, 0.1) is 0 Å². The van der Waals surface area contributed by atoms with Gasteiger partial charge in [0.25, 0.3) is 5.91 Å². The fourth-order valence-electron chi connectivity index (χ4n) is 1.30. The van der Waals surface area contributed by atoms with Crippen LogP contribution in [0.1, 0.15) is 23.2 Å². The van der Waals surface area contributed by atoms with Gasteiger partial charge in [0.15, 0.2) is 0 Å². The monoisotopic (exact) mass is 245 g/mol. The number of nitrogens with one attached hydrogen (secondary N) is 1. The van der Waals surface area contributed by atoms with Crippen LogP contribution in [0.15, 0.2) is 24.3 Å². The third-order valence-corrected chi connectivity index (χ3v) is 2.26. The number of carbonyl (C=O) groups excluding carboxylic acids is 1. The summed E-state index contributed by atoms with van der Waals surface area (Å²) in [7, 11) is 0. The fraction of sp³-hybridized carbons (Fsp3) is 0.364. The number of ether oxygens (including phenoxy) is 1. The second-order valence-electron chi connectivity index (χ2n) is 3.82. The van der Waals surface area contributed by atoms with Crippen LogP contribution < -0.4 is 10.1 Å². The van der Waals surface area contributed by atoms with E-state index in [1.807, 2.05) is 0 Å². The quantitative estimate of drug-likeness (QED) is 0.888. The number of halogens is 3. The van der Waals surface area contributed by atoms with Crippen LogP contribution in [0.4, 0.5) is 13.2 Å². The van der Waals surface area contributed by atoms with Gasteiger partial charge in [-0.1, -0.05) is 0 Å². The summed E-state index contributed by atoms with van der Waals surface area (Å²) in [5.74, 6) is -0.605. The SMILES string of the molecule is O=C(NC1CC1)c1ccc(OC(F)(F)F)cc1. The van der Waals surface area contributed by atoms with Crippen LogP contribution >= 0.6 is 0 Å². The van der Waals surface area contributed by atoms with Gasteiger partial charge >= 0.3 is 6.36 Å². The summed E-state index contributed by atoms with van der Waals surface area (Å²) in [6, 6.07) is 5.07. The molecule has 1 aromatic carbocycles. The topological polar surface area (TPSA) is 38.3 Å². The van der Waals surface area contributed by atoms with Crippen LogP contribution in [0.5, 0.6) is 5.75 Å². The van der Waals surface area contributed by atoms with E-state index < -0.39 is 6.36 Å². The molecule has 1 aromatic rings. The van der Waals surface area contributed by atoms with Crippen LogP contribution in [0.25, 0.3) is 0 Å². The minimum atomic E-state index is -4.71. The second-order valence-corrected chi connectivity index (χ2v) is 3.82. The highest BCUT2D eigenvalue weighted by molar-refractivity contribution is 5.94. The first-order valence-corrected chi connectivity index (χ1v) is 5.11. The van der Waals surface area contributed by atoms with Crippen LogP contribution in [0.3, 0.4) is 0 Å². The highest BCUT2D eigenvalue weighted by Gasteiger charge is 2.31. The van der Waals surface area contributed by atoms with Crippen molar-refractivity contribution in [1.82, 2.24) is 5.32 Å². The summed E-state index contributed by atoms with van der Waals surface area (Å²) in [6.45, 7) is 0. The van der Waals surface area contributed by atoms with E-state index in [2.05, 4.69) is 10.1 Å². The van der Waals surface area contributed by atoms with Crippen LogP contribution in [-0.4, -0.2) is 18.3 Å². The van der Waals surface area contributed by atoms with Crippen LogP contribution in [-0.2, 0) is 0 Å². The van der Waals surface area contributed by atoms with Crippen molar-refractivity contribution in [1.29, 1.82) is 0 Å². The number of hydrogen-bond donors (Lipinski definition) is 1. The third-order valence-electron chi connectivity index (χ3n) is 2.26. The molecule has 6 heteroatoms. The molecule has 1 aliphatic carbocycles. The molecule has 0 atom stereocenters. The number of hydrogen-bond acceptors (Lipinski definition) is 2. The minimum Gasteiger partial charge on any atom is -0.406 e. The minimum absolute atomic E-state index is 0.216. The van der Waals surface area contributed by atoms with Crippen molar-refractivity contribution >= 4 is 5.91 Å². The van der Waals surface area contributed by atoms with E-state index in [0.29, 0.717) is 5.56 Å². The van der Waals surface area contributed by atoms with Gasteiger partial charge in [0.05, 0.1) is 0 Å². The average Bonchev–Trinajstić information content (AvgIpc) is 3.00. The lowest BCUT2D eigenvalue weighted by Gasteiger charge is -2.09. The van der Waals surface area contributed by atoms with Crippen LogP contribution in [0.2, 0.25) is 0 Å². The van der Waals surface area contributed by atoms with E-state index in [1.54, 1.807) is 0 Å². The summed E-state index contributed by atoms with van der Waals surface area (Å²) in [4.78, 5) is 11.5. The lowest BCUT2D eigenvalue weighted by Crippen LogP contribution is -2.25. The zero-order chi connectivity index (χ0) is 12.5. The predicted octanol–water partition coefficient (Wildman–Crippen LogP) is 2.48. The molecule has 2 rings (SSSR count). The Morgan fingerprint density at radius 2 is 1.82 bits per heavy atom. The number of benzene rings is 1. The van der Waals surface area contributed by atoms with Gasteiger partial charge in [-0.3, -0.25) is 4.79 Å². The maximum atomic E-state index is 11.9. The Labute approximate surface area is 95.6 Å². The Bertz CT molecular complexity index is 410. The zero-order valence-corrected chi connectivity index (χ0v) is 8.75. The number of carbonyl (C=O) groups is 1. The molecule has 0 spiro atoms. The maximum absolute atomic E-state index is 11.9. The van der Waals surface area contributed by atoms with E-state index >= 15 is 0 Å². The van der Waals surface area contributed by atoms with Gasteiger partial charge < -0.3 is 10.1 Å². The van der Waals surface area contributed by atoms with Crippen molar-refractivity contribution < 1.29 is 22.7 Å². The van der Waals surface area contributed by atoms with Crippen molar-refractivity contribution in [2.24, 2.45) is 0 Å². The van der Waals surface area contributed by atoms with E-state index in [0.717, 1.165) is 25.0 Å². The standard InChI is InChI=1S/C11H10F3NO2/c12-11(13,14)17-9-5-1-7(2-6-9)10(16)15-8-3-4-8/h1-2,5-6,8H,3-4H2,(H,15,16).